The van der Waals surface area contributed by atoms with Crippen LogP contribution in [-0.4, -0.2) is 24.7 Å². The number of hydrogen-bond acceptors (Lipinski definition) is 4. The van der Waals surface area contributed by atoms with Crippen molar-refractivity contribution in [3.63, 3.8) is 0 Å². The van der Waals surface area contributed by atoms with Crippen molar-refractivity contribution in [2.75, 3.05) is 18.2 Å². The molecule has 4 nitrogen and oxygen atoms in total. The maximum Gasteiger partial charge on any atom is 0.231 e. The van der Waals surface area contributed by atoms with Crippen molar-refractivity contribution in [3.05, 3.63) is 18.2 Å². The number of rotatable bonds is 1. The molecular weight excluding hydrogens is 230 g/mol. The molecule has 1 saturated heterocycles. The second kappa shape index (κ2) is 3.90. The summed E-state index contributed by atoms with van der Waals surface area (Å²) in [6.07, 6.45) is 1.56. The molecule has 4 heteroatoms. The minimum absolute atomic E-state index is 0.00160. The molecule has 0 spiro atoms. The molecule has 1 aromatic carbocycles. The highest BCUT2D eigenvalue weighted by atomic mass is 16.7. The summed E-state index contributed by atoms with van der Waals surface area (Å²) in [6.45, 7) is 5.10. The average molecular weight is 247 g/mol. The van der Waals surface area contributed by atoms with Crippen LogP contribution in [0.5, 0.6) is 11.5 Å². The number of ketones is 1. The molecule has 0 N–H and O–H groups in total. The van der Waals surface area contributed by atoms with E-state index in [1.807, 2.05) is 18.2 Å². The Kier molecular flexibility index (Phi) is 2.47. The van der Waals surface area contributed by atoms with E-state index in [0.29, 0.717) is 18.7 Å². The highest BCUT2D eigenvalue weighted by Crippen LogP contribution is 2.39. The van der Waals surface area contributed by atoms with Gasteiger partial charge in [-0.3, -0.25) is 4.79 Å². The lowest BCUT2D eigenvalue weighted by atomic mass is 9.89. The Hall–Kier alpha value is -1.71. The first-order valence-corrected chi connectivity index (χ1v) is 6.25. The number of anilines is 1. The standard InChI is InChI=1S/C14H17NO3/c1-14(2)6-5-11(16)8-15(14)10-3-4-12-13(7-10)18-9-17-12/h3-4,7H,5-6,8-9H2,1-2H3. The minimum atomic E-state index is 0.00160. The van der Waals surface area contributed by atoms with Gasteiger partial charge in [-0.05, 0) is 32.4 Å². The van der Waals surface area contributed by atoms with Crippen molar-refractivity contribution in [2.45, 2.75) is 32.2 Å². The smallest absolute Gasteiger partial charge is 0.231 e. The van der Waals surface area contributed by atoms with Gasteiger partial charge in [-0.2, -0.15) is 0 Å². The Balaban J connectivity index is 1.95. The number of carbonyl (C=O) groups excluding carboxylic acids is 1. The van der Waals surface area contributed by atoms with Gasteiger partial charge < -0.3 is 14.4 Å². The quantitative estimate of drug-likeness (QED) is 0.763. The molecule has 1 aromatic rings. The molecule has 3 rings (SSSR count). The molecule has 2 heterocycles. The van der Waals surface area contributed by atoms with Crippen LogP contribution in [0.2, 0.25) is 0 Å². The summed E-state index contributed by atoms with van der Waals surface area (Å²) in [5.74, 6) is 1.84. The van der Waals surface area contributed by atoms with Crippen LogP contribution in [0.1, 0.15) is 26.7 Å². The zero-order chi connectivity index (χ0) is 12.8. The van der Waals surface area contributed by atoms with Crippen LogP contribution in [0.25, 0.3) is 0 Å². The van der Waals surface area contributed by atoms with E-state index in [0.717, 1.165) is 23.6 Å². The highest BCUT2D eigenvalue weighted by Gasteiger charge is 2.34. The molecule has 2 aliphatic heterocycles. The molecular formula is C14H17NO3. The lowest BCUT2D eigenvalue weighted by molar-refractivity contribution is -0.119. The summed E-state index contributed by atoms with van der Waals surface area (Å²) in [6, 6.07) is 5.86. The number of carbonyl (C=O) groups is 1. The van der Waals surface area contributed by atoms with E-state index in [4.69, 9.17) is 9.47 Å². The Labute approximate surface area is 106 Å². The zero-order valence-corrected chi connectivity index (χ0v) is 10.7. The van der Waals surface area contributed by atoms with Gasteiger partial charge in [0.15, 0.2) is 17.3 Å². The first-order chi connectivity index (χ1) is 8.56. The number of nitrogens with zero attached hydrogens (tertiary/aromatic N) is 1. The van der Waals surface area contributed by atoms with Gasteiger partial charge in [0.1, 0.15) is 0 Å². The molecule has 2 aliphatic rings. The van der Waals surface area contributed by atoms with Crippen LogP contribution >= 0.6 is 0 Å². The summed E-state index contributed by atoms with van der Waals surface area (Å²) in [5.41, 5.74) is 1.03. The topological polar surface area (TPSA) is 38.8 Å². The summed E-state index contributed by atoms with van der Waals surface area (Å²) in [5, 5.41) is 0. The largest absolute Gasteiger partial charge is 0.454 e. The van der Waals surface area contributed by atoms with Crippen LogP contribution in [0.15, 0.2) is 18.2 Å². The summed E-state index contributed by atoms with van der Waals surface area (Å²) < 4.78 is 10.7. The molecule has 0 saturated carbocycles. The van der Waals surface area contributed by atoms with Crippen LogP contribution in [0.4, 0.5) is 5.69 Å². The predicted molar refractivity (Wildman–Crippen MR) is 68.2 cm³/mol. The first kappa shape index (κ1) is 11.4. The van der Waals surface area contributed by atoms with Crippen molar-refractivity contribution in [1.82, 2.24) is 0 Å². The zero-order valence-electron chi connectivity index (χ0n) is 10.7. The van der Waals surface area contributed by atoms with Gasteiger partial charge in [0.05, 0.1) is 6.54 Å². The number of piperidine rings is 1. The van der Waals surface area contributed by atoms with E-state index < -0.39 is 0 Å². The fourth-order valence-electron chi connectivity index (χ4n) is 2.54. The summed E-state index contributed by atoms with van der Waals surface area (Å²) >= 11 is 0. The molecule has 0 atom stereocenters. The molecule has 0 radical (unpaired) electrons. The van der Waals surface area contributed by atoms with E-state index in [-0.39, 0.29) is 12.3 Å². The number of fused-ring (bicyclic) bond motifs is 1. The minimum Gasteiger partial charge on any atom is -0.454 e. The molecule has 0 aliphatic carbocycles. The third-order valence-electron chi connectivity index (χ3n) is 3.75. The Morgan fingerprint density at radius 1 is 1.22 bits per heavy atom. The van der Waals surface area contributed by atoms with E-state index in [2.05, 4.69) is 18.7 Å². The maximum absolute atomic E-state index is 11.7. The van der Waals surface area contributed by atoms with E-state index in [1.54, 1.807) is 0 Å². The third kappa shape index (κ3) is 1.82. The normalized spacial score (nSPS) is 21.2. The maximum atomic E-state index is 11.7. The van der Waals surface area contributed by atoms with Crippen molar-refractivity contribution in [1.29, 1.82) is 0 Å². The monoisotopic (exact) mass is 247 g/mol. The number of ether oxygens (including phenoxy) is 2. The van der Waals surface area contributed by atoms with Crippen molar-refractivity contribution in [3.8, 4) is 11.5 Å². The SMILES string of the molecule is CC1(C)CCC(=O)CN1c1ccc2c(c1)OCO2. The molecule has 0 bridgehead atoms. The molecule has 1 fully saturated rings. The Bertz CT molecular complexity index is 496. The van der Waals surface area contributed by atoms with Gasteiger partial charge in [-0.1, -0.05) is 0 Å². The Morgan fingerprint density at radius 3 is 2.83 bits per heavy atom. The highest BCUT2D eigenvalue weighted by molar-refractivity contribution is 5.85. The van der Waals surface area contributed by atoms with Crippen molar-refractivity contribution >= 4 is 11.5 Å². The average Bonchev–Trinajstić information content (AvgIpc) is 2.79. The molecule has 0 amide bonds. The van der Waals surface area contributed by atoms with Gasteiger partial charge in [0.25, 0.3) is 0 Å². The van der Waals surface area contributed by atoms with Crippen LogP contribution in [-0.2, 0) is 4.79 Å². The van der Waals surface area contributed by atoms with E-state index in [9.17, 15) is 4.79 Å². The van der Waals surface area contributed by atoms with Gasteiger partial charge >= 0.3 is 0 Å². The summed E-state index contributed by atoms with van der Waals surface area (Å²) in [7, 11) is 0. The molecule has 96 valence electrons. The second-order valence-corrected chi connectivity index (χ2v) is 5.47. The van der Waals surface area contributed by atoms with Gasteiger partial charge in [0, 0.05) is 23.7 Å². The number of Topliss-reactive ketones (excluding diaryl/α,β-unsaturated/α-hetero) is 1. The van der Waals surface area contributed by atoms with Crippen molar-refractivity contribution in [2.24, 2.45) is 0 Å². The molecule has 0 aromatic heterocycles. The third-order valence-corrected chi connectivity index (χ3v) is 3.75. The predicted octanol–water partition coefficient (Wildman–Crippen LogP) is 2.36. The summed E-state index contributed by atoms with van der Waals surface area (Å²) in [4.78, 5) is 13.8. The second-order valence-electron chi connectivity index (χ2n) is 5.47. The van der Waals surface area contributed by atoms with E-state index in [1.165, 1.54) is 0 Å². The number of benzene rings is 1. The van der Waals surface area contributed by atoms with Gasteiger partial charge in [-0.25, -0.2) is 0 Å². The first-order valence-electron chi connectivity index (χ1n) is 6.25. The van der Waals surface area contributed by atoms with Crippen LogP contribution in [0, 0.1) is 0 Å². The van der Waals surface area contributed by atoms with Gasteiger partial charge in [-0.15, -0.1) is 0 Å². The van der Waals surface area contributed by atoms with Crippen molar-refractivity contribution < 1.29 is 14.3 Å². The Morgan fingerprint density at radius 2 is 2.00 bits per heavy atom. The fourth-order valence-corrected chi connectivity index (χ4v) is 2.54. The fraction of sp³-hybridized carbons (Fsp3) is 0.500. The van der Waals surface area contributed by atoms with Crippen LogP contribution < -0.4 is 14.4 Å². The molecule has 18 heavy (non-hydrogen) atoms. The van der Waals surface area contributed by atoms with E-state index >= 15 is 0 Å². The lowest BCUT2D eigenvalue weighted by Gasteiger charge is -2.43. The number of hydrogen-bond donors (Lipinski definition) is 0. The van der Waals surface area contributed by atoms with Gasteiger partial charge in [0.2, 0.25) is 6.79 Å². The lowest BCUT2D eigenvalue weighted by Crippen LogP contribution is -2.50. The van der Waals surface area contributed by atoms with Crippen LogP contribution in [0.3, 0.4) is 0 Å². The molecule has 0 unspecified atom stereocenters.